The van der Waals surface area contributed by atoms with Gasteiger partial charge in [0, 0.05) is 31.1 Å². The Morgan fingerprint density at radius 1 is 1.24 bits per heavy atom. The minimum absolute atomic E-state index is 0.127. The van der Waals surface area contributed by atoms with Crippen LogP contribution in [0.3, 0.4) is 0 Å². The lowest BCUT2D eigenvalue weighted by Gasteiger charge is -2.20. The zero-order valence-electron chi connectivity index (χ0n) is 12.1. The highest BCUT2D eigenvalue weighted by Crippen LogP contribution is 2.26. The molecule has 0 aromatic heterocycles. The number of aliphatic hydroxyl groups is 1. The summed E-state index contributed by atoms with van der Waals surface area (Å²) < 4.78 is 5.73. The number of nitriles is 1. The minimum atomic E-state index is -0.127. The van der Waals surface area contributed by atoms with Crippen LogP contribution < -0.4 is 4.74 Å². The van der Waals surface area contributed by atoms with Crippen molar-refractivity contribution in [1.82, 2.24) is 4.90 Å². The van der Waals surface area contributed by atoms with Gasteiger partial charge in [0.05, 0.1) is 6.07 Å². The molecule has 0 amide bonds. The predicted octanol–water partition coefficient (Wildman–Crippen LogP) is 1.79. The van der Waals surface area contributed by atoms with E-state index in [1.807, 2.05) is 24.3 Å². The summed E-state index contributed by atoms with van der Waals surface area (Å²) >= 11 is 0. The lowest BCUT2D eigenvalue weighted by molar-refractivity contribution is 0.204. The molecule has 0 radical (unpaired) electrons. The molecule has 0 unspecified atom stereocenters. The van der Waals surface area contributed by atoms with E-state index in [0.29, 0.717) is 19.1 Å². The molecule has 2 rings (SSSR count). The summed E-state index contributed by atoms with van der Waals surface area (Å²) in [5.41, 5.74) is 0.866. The van der Waals surface area contributed by atoms with Gasteiger partial charge in [0.2, 0.25) is 0 Å². The first-order valence-corrected chi connectivity index (χ1v) is 7.27. The molecule has 0 bridgehead atoms. The Morgan fingerprint density at radius 2 is 2.00 bits per heavy atom. The van der Waals surface area contributed by atoms with Crippen molar-refractivity contribution in [2.75, 3.05) is 26.3 Å². The fraction of sp³-hybridized carbons (Fsp3) is 0.471. The second-order valence-electron chi connectivity index (χ2n) is 5.01. The predicted molar refractivity (Wildman–Crippen MR) is 80.7 cm³/mol. The zero-order chi connectivity index (χ0) is 14.9. The van der Waals surface area contributed by atoms with Crippen LogP contribution in [0.2, 0.25) is 0 Å². The third kappa shape index (κ3) is 5.47. The van der Waals surface area contributed by atoms with Gasteiger partial charge in [-0.25, -0.2) is 0 Å². The van der Waals surface area contributed by atoms with Gasteiger partial charge in [-0.2, -0.15) is 5.26 Å². The van der Waals surface area contributed by atoms with Gasteiger partial charge in [-0.15, -0.1) is 0 Å². The third-order valence-corrected chi connectivity index (χ3v) is 3.39. The largest absolute Gasteiger partial charge is 0.492 e. The van der Waals surface area contributed by atoms with Gasteiger partial charge in [-0.05, 0) is 37.1 Å². The molecule has 0 heterocycles. The van der Waals surface area contributed by atoms with Crippen molar-refractivity contribution in [3.63, 3.8) is 0 Å². The first-order chi connectivity index (χ1) is 10.3. The normalized spacial score (nSPS) is 13.4. The van der Waals surface area contributed by atoms with Gasteiger partial charge >= 0.3 is 0 Å². The van der Waals surface area contributed by atoms with Gasteiger partial charge < -0.3 is 9.84 Å². The maximum atomic E-state index is 8.67. The number of rotatable bonds is 7. The first-order valence-electron chi connectivity index (χ1n) is 7.27. The van der Waals surface area contributed by atoms with Crippen molar-refractivity contribution in [2.24, 2.45) is 0 Å². The zero-order valence-corrected chi connectivity index (χ0v) is 12.1. The van der Waals surface area contributed by atoms with E-state index in [0.717, 1.165) is 24.4 Å². The smallest absolute Gasteiger partial charge is 0.119 e. The quantitative estimate of drug-likeness (QED) is 0.776. The Morgan fingerprint density at radius 3 is 2.62 bits per heavy atom. The Kier molecular flexibility index (Phi) is 6.09. The third-order valence-electron chi connectivity index (χ3n) is 3.39. The molecule has 1 N–H and O–H groups in total. The highest BCUT2D eigenvalue weighted by atomic mass is 16.5. The summed E-state index contributed by atoms with van der Waals surface area (Å²) in [7, 11) is 0. The summed E-state index contributed by atoms with van der Waals surface area (Å²) in [4.78, 5) is 2.34. The number of hydrogen-bond acceptors (Lipinski definition) is 4. The molecule has 21 heavy (non-hydrogen) atoms. The Bertz CT molecular complexity index is 533. The Balaban J connectivity index is 1.75. The Hall–Kier alpha value is -2.01. The number of nitrogens with zero attached hydrogens (tertiary/aromatic N) is 2. The molecule has 4 heteroatoms. The molecule has 4 nitrogen and oxygen atoms in total. The number of ether oxygens (including phenoxy) is 1. The molecule has 1 aliphatic carbocycles. The van der Waals surface area contributed by atoms with E-state index >= 15 is 0 Å². The highest BCUT2D eigenvalue weighted by Gasteiger charge is 2.28. The van der Waals surface area contributed by atoms with Crippen molar-refractivity contribution >= 4 is 0 Å². The van der Waals surface area contributed by atoms with Crippen LogP contribution in [-0.4, -0.2) is 42.4 Å². The maximum absolute atomic E-state index is 8.67. The minimum Gasteiger partial charge on any atom is -0.492 e. The van der Waals surface area contributed by atoms with Gasteiger partial charge in [0.1, 0.15) is 19.0 Å². The van der Waals surface area contributed by atoms with E-state index in [9.17, 15) is 0 Å². The number of hydrogen-bond donors (Lipinski definition) is 1. The standard InChI is InChI=1S/C17H20N2O2/c18-10-2-11-19(16-6-7-16)12-14-21-17-8-4-15(5-9-17)3-1-13-20/h4-5,8-9,16,20H,2,6-7,11-14H2. The SMILES string of the molecule is N#CCCN(CCOc1ccc(C#CCO)cc1)C1CC1. The molecule has 110 valence electrons. The van der Waals surface area contributed by atoms with Crippen molar-refractivity contribution < 1.29 is 9.84 Å². The second-order valence-corrected chi connectivity index (χ2v) is 5.01. The van der Waals surface area contributed by atoms with Crippen molar-refractivity contribution in [3.8, 4) is 23.7 Å². The van der Waals surface area contributed by atoms with Gasteiger partial charge in [-0.3, -0.25) is 4.90 Å². The van der Waals surface area contributed by atoms with E-state index in [1.165, 1.54) is 12.8 Å². The van der Waals surface area contributed by atoms with Gasteiger partial charge in [0.25, 0.3) is 0 Å². The highest BCUT2D eigenvalue weighted by molar-refractivity contribution is 5.38. The Labute approximate surface area is 125 Å². The number of benzene rings is 1. The second kappa shape index (κ2) is 8.32. The van der Waals surface area contributed by atoms with Crippen LogP contribution in [0.15, 0.2) is 24.3 Å². The van der Waals surface area contributed by atoms with Crippen LogP contribution in [0.25, 0.3) is 0 Å². The van der Waals surface area contributed by atoms with Crippen LogP contribution in [0.1, 0.15) is 24.8 Å². The number of aliphatic hydroxyl groups excluding tert-OH is 1. The average molecular weight is 284 g/mol. The van der Waals surface area contributed by atoms with E-state index in [4.69, 9.17) is 15.1 Å². The van der Waals surface area contributed by atoms with Crippen LogP contribution in [0, 0.1) is 23.2 Å². The molecule has 1 saturated carbocycles. The van der Waals surface area contributed by atoms with E-state index in [1.54, 1.807) is 0 Å². The molecule has 0 saturated heterocycles. The van der Waals surface area contributed by atoms with Crippen molar-refractivity contribution in [1.29, 1.82) is 5.26 Å². The molecular weight excluding hydrogens is 264 g/mol. The fourth-order valence-corrected chi connectivity index (χ4v) is 2.17. The molecule has 0 aliphatic heterocycles. The van der Waals surface area contributed by atoms with Crippen LogP contribution in [0.5, 0.6) is 5.75 Å². The molecule has 1 aromatic carbocycles. The molecular formula is C17H20N2O2. The molecule has 1 fully saturated rings. The van der Waals surface area contributed by atoms with Crippen LogP contribution in [-0.2, 0) is 0 Å². The topological polar surface area (TPSA) is 56.5 Å². The molecule has 0 atom stereocenters. The molecule has 0 spiro atoms. The van der Waals surface area contributed by atoms with Crippen LogP contribution in [0.4, 0.5) is 0 Å². The lowest BCUT2D eigenvalue weighted by Crippen LogP contribution is -2.31. The molecule has 1 aliphatic rings. The summed E-state index contributed by atoms with van der Waals surface area (Å²) in [6, 6.07) is 10.4. The van der Waals surface area contributed by atoms with Gasteiger partial charge in [-0.1, -0.05) is 11.8 Å². The fourth-order valence-electron chi connectivity index (χ4n) is 2.17. The van der Waals surface area contributed by atoms with Crippen LogP contribution >= 0.6 is 0 Å². The maximum Gasteiger partial charge on any atom is 0.119 e. The first kappa shape index (κ1) is 15.4. The average Bonchev–Trinajstić information content (AvgIpc) is 3.34. The molecule has 1 aromatic rings. The van der Waals surface area contributed by atoms with Crippen molar-refractivity contribution in [3.05, 3.63) is 29.8 Å². The van der Waals surface area contributed by atoms with E-state index < -0.39 is 0 Å². The summed E-state index contributed by atoms with van der Waals surface area (Å²) in [6.07, 6.45) is 3.06. The lowest BCUT2D eigenvalue weighted by atomic mass is 10.2. The summed E-state index contributed by atoms with van der Waals surface area (Å²) in [5, 5.41) is 17.3. The summed E-state index contributed by atoms with van der Waals surface area (Å²) in [6.45, 7) is 2.19. The van der Waals surface area contributed by atoms with Crippen molar-refractivity contribution in [2.45, 2.75) is 25.3 Å². The summed E-state index contributed by atoms with van der Waals surface area (Å²) in [5.74, 6) is 6.28. The monoisotopic (exact) mass is 284 g/mol. The van der Waals surface area contributed by atoms with Gasteiger partial charge in [0.15, 0.2) is 0 Å². The van der Waals surface area contributed by atoms with E-state index in [-0.39, 0.29) is 6.61 Å². The van der Waals surface area contributed by atoms with E-state index in [2.05, 4.69) is 22.8 Å².